The summed E-state index contributed by atoms with van der Waals surface area (Å²) in [6.45, 7) is 1.93. The summed E-state index contributed by atoms with van der Waals surface area (Å²) in [5, 5.41) is 5.58. The largest absolute Gasteiger partial charge is 0.312 e. The molecular weight excluding hydrogens is 250 g/mol. The first-order chi connectivity index (χ1) is 8.38. The molecule has 1 nitrogen and oxygen atoms in total. The van der Waals surface area contributed by atoms with Gasteiger partial charge < -0.3 is 5.32 Å². The third-order valence-electron chi connectivity index (χ3n) is 2.60. The van der Waals surface area contributed by atoms with Gasteiger partial charge in [0.2, 0.25) is 0 Å². The standard InChI is InChI=1S/C14H16ClNS/c15-10-12-3-1-4-13(9-12)11-16-7-6-14-5-2-8-17-14/h1-5,8-9,16H,6-7,10-11H2. The Labute approximate surface area is 111 Å². The molecule has 0 atom stereocenters. The molecule has 0 bridgehead atoms. The van der Waals surface area contributed by atoms with Gasteiger partial charge >= 0.3 is 0 Å². The molecule has 17 heavy (non-hydrogen) atoms. The zero-order valence-corrected chi connectivity index (χ0v) is 11.2. The van der Waals surface area contributed by atoms with Gasteiger partial charge in [0.05, 0.1) is 0 Å². The van der Waals surface area contributed by atoms with Gasteiger partial charge in [0, 0.05) is 23.8 Å². The van der Waals surface area contributed by atoms with Gasteiger partial charge in [-0.2, -0.15) is 0 Å². The van der Waals surface area contributed by atoms with Crippen molar-refractivity contribution in [2.45, 2.75) is 18.8 Å². The highest BCUT2D eigenvalue weighted by atomic mass is 35.5. The number of hydrogen-bond donors (Lipinski definition) is 1. The number of benzene rings is 1. The summed E-state index contributed by atoms with van der Waals surface area (Å²) in [5.74, 6) is 0.586. The van der Waals surface area contributed by atoms with E-state index in [4.69, 9.17) is 11.6 Å². The Morgan fingerprint density at radius 1 is 1.12 bits per heavy atom. The summed E-state index contributed by atoms with van der Waals surface area (Å²) in [6.07, 6.45) is 1.10. The van der Waals surface area contributed by atoms with Crippen LogP contribution in [0.2, 0.25) is 0 Å². The number of rotatable bonds is 6. The Morgan fingerprint density at radius 2 is 2.00 bits per heavy atom. The minimum absolute atomic E-state index is 0.586. The van der Waals surface area contributed by atoms with E-state index >= 15 is 0 Å². The fraction of sp³-hybridized carbons (Fsp3) is 0.286. The second-order valence-electron chi connectivity index (χ2n) is 3.96. The molecule has 0 aliphatic rings. The van der Waals surface area contributed by atoms with Crippen molar-refractivity contribution in [2.24, 2.45) is 0 Å². The van der Waals surface area contributed by atoms with E-state index in [1.807, 2.05) is 11.3 Å². The lowest BCUT2D eigenvalue weighted by Gasteiger charge is -2.05. The summed E-state index contributed by atoms with van der Waals surface area (Å²) in [4.78, 5) is 1.44. The Kier molecular flexibility index (Phi) is 5.05. The molecule has 90 valence electrons. The monoisotopic (exact) mass is 265 g/mol. The summed E-state index contributed by atoms with van der Waals surface area (Å²) in [6, 6.07) is 12.7. The Bertz CT molecular complexity index is 439. The predicted octanol–water partition coefficient (Wildman–Crippen LogP) is 3.82. The number of halogens is 1. The third-order valence-corrected chi connectivity index (χ3v) is 3.85. The first-order valence-electron chi connectivity index (χ1n) is 5.75. The van der Waals surface area contributed by atoms with E-state index in [0.717, 1.165) is 19.5 Å². The van der Waals surface area contributed by atoms with Crippen molar-refractivity contribution in [1.82, 2.24) is 5.32 Å². The molecule has 0 unspecified atom stereocenters. The summed E-state index contributed by atoms with van der Waals surface area (Å²) >= 11 is 7.63. The molecule has 3 heteroatoms. The van der Waals surface area contributed by atoms with Crippen LogP contribution in [0.5, 0.6) is 0 Å². The smallest absolute Gasteiger partial charge is 0.0474 e. The molecule has 2 aromatic rings. The third kappa shape index (κ3) is 4.15. The van der Waals surface area contributed by atoms with E-state index in [0.29, 0.717) is 5.88 Å². The van der Waals surface area contributed by atoms with Crippen LogP contribution >= 0.6 is 22.9 Å². The first kappa shape index (κ1) is 12.6. The van der Waals surface area contributed by atoms with Crippen LogP contribution in [0.4, 0.5) is 0 Å². The van der Waals surface area contributed by atoms with E-state index in [2.05, 4.69) is 47.1 Å². The summed E-state index contributed by atoms with van der Waals surface area (Å²) < 4.78 is 0. The van der Waals surface area contributed by atoms with E-state index in [9.17, 15) is 0 Å². The van der Waals surface area contributed by atoms with E-state index in [1.165, 1.54) is 16.0 Å². The van der Waals surface area contributed by atoms with Crippen LogP contribution in [0.15, 0.2) is 41.8 Å². The van der Waals surface area contributed by atoms with E-state index in [1.54, 1.807) is 0 Å². The minimum Gasteiger partial charge on any atom is -0.312 e. The molecule has 1 N–H and O–H groups in total. The van der Waals surface area contributed by atoms with Crippen LogP contribution in [0, 0.1) is 0 Å². The highest BCUT2D eigenvalue weighted by Crippen LogP contribution is 2.09. The molecule has 2 rings (SSSR count). The van der Waals surface area contributed by atoms with Gasteiger partial charge in [-0.25, -0.2) is 0 Å². The molecule has 0 aliphatic heterocycles. The molecule has 0 amide bonds. The lowest BCUT2D eigenvalue weighted by Crippen LogP contribution is -2.16. The lowest BCUT2D eigenvalue weighted by molar-refractivity contribution is 0.690. The average molecular weight is 266 g/mol. The Balaban J connectivity index is 1.74. The molecule has 0 spiro atoms. The van der Waals surface area contributed by atoms with Crippen LogP contribution < -0.4 is 5.32 Å². The van der Waals surface area contributed by atoms with Crippen LogP contribution in [-0.2, 0) is 18.8 Å². The molecule has 0 saturated carbocycles. The fourth-order valence-electron chi connectivity index (χ4n) is 1.72. The molecule has 1 aromatic heterocycles. The van der Waals surface area contributed by atoms with Gasteiger partial charge in [-0.1, -0.05) is 30.3 Å². The van der Waals surface area contributed by atoms with Crippen molar-refractivity contribution in [1.29, 1.82) is 0 Å². The van der Waals surface area contributed by atoms with Crippen LogP contribution in [0.3, 0.4) is 0 Å². The Morgan fingerprint density at radius 3 is 2.76 bits per heavy atom. The van der Waals surface area contributed by atoms with Crippen molar-refractivity contribution < 1.29 is 0 Å². The maximum atomic E-state index is 5.81. The van der Waals surface area contributed by atoms with Gasteiger partial charge in [0.1, 0.15) is 0 Å². The topological polar surface area (TPSA) is 12.0 Å². The Hall–Kier alpha value is -0.830. The molecule has 0 saturated heterocycles. The fourth-order valence-corrected chi connectivity index (χ4v) is 2.60. The number of thiophene rings is 1. The molecule has 1 heterocycles. The predicted molar refractivity (Wildman–Crippen MR) is 75.7 cm³/mol. The summed E-state index contributed by atoms with van der Waals surface area (Å²) in [7, 11) is 0. The number of nitrogens with one attached hydrogen (secondary N) is 1. The highest BCUT2D eigenvalue weighted by molar-refractivity contribution is 7.09. The molecule has 0 radical (unpaired) electrons. The van der Waals surface area contributed by atoms with Gasteiger partial charge in [0.25, 0.3) is 0 Å². The average Bonchev–Trinajstić information content (AvgIpc) is 2.88. The number of hydrogen-bond acceptors (Lipinski definition) is 2. The van der Waals surface area contributed by atoms with Gasteiger partial charge in [-0.3, -0.25) is 0 Å². The highest BCUT2D eigenvalue weighted by Gasteiger charge is 1.96. The molecule has 0 aliphatic carbocycles. The SMILES string of the molecule is ClCc1cccc(CNCCc2cccs2)c1. The first-order valence-corrected chi connectivity index (χ1v) is 7.17. The zero-order chi connectivity index (χ0) is 11.9. The van der Waals surface area contributed by atoms with Crippen LogP contribution in [-0.4, -0.2) is 6.54 Å². The maximum absolute atomic E-state index is 5.81. The van der Waals surface area contributed by atoms with Crippen molar-refractivity contribution in [3.8, 4) is 0 Å². The van der Waals surface area contributed by atoms with Crippen molar-refractivity contribution in [2.75, 3.05) is 6.54 Å². The van der Waals surface area contributed by atoms with Crippen molar-refractivity contribution in [3.05, 3.63) is 57.8 Å². The molecule has 1 aromatic carbocycles. The molecular formula is C14H16ClNS. The number of alkyl halides is 1. The quantitative estimate of drug-likeness (QED) is 0.619. The second-order valence-corrected chi connectivity index (χ2v) is 5.26. The van der Waals surface area contributed by atoms with Crippen LogP contribution in [0.1, 0.15) is 16.0 Å². The normalized spacial score (nSPS) is 10.6. The van der Waals surface area contributed by atoms with Gasteiger partial charge in [-0.15, -0.1) is 22.9 Å². The van der Waals surface area contributed by atoms with Crippen molar-refractivity contribution in [3.63, 3.8) is 0 Å². The minimum atomic E-state index is 0.586. The molecule has 0 fully saturated rings. The van der Waals surface area contributed by atoms with Crippen molar-refractivity contribution >= 4 is 22.9 Å². The van der Waals surface area contributed by atoms with E-state index in [-0.39, 0.29) is 0 Å². The summed E-state index contributed by atoms with van der Waals surface area (Å²) in [5.41, 5.74) is 2.48. The lowest BCUT2D eigenvalue weighted by atomic mass is 10.1. The zero-order valence-electron chi connectivity index (χ0n) is 9.66. The maximum Gasteiger partial charge on any atom is 0.0474 e. The second kappa shape index (κ2) is 6.80. The van der Waals surface area contributed by atoms with Gasteiger partial charge in [-0.05, 0) is 29.0 Å². The van der Waals surface area contributed by atoms with E-state index < -0.39 is 0 Å². The van der Waals surface area contributed by atoms with Gasteiger partial charge in [0.15, 0.2) is 0 Å². The van der Waals surface area contributed by atoms with Crippen LogP contribution in [0.25, 0.3) is 0 Å².